The fourth-order valence-corrected chi connectivity index (χ4v) is 7.60. The number of carbonyl (C=O) groups excluding carboxylic acids is 1. The highest BCUT2D eigenvalue weighted by Crippen LogP contribution is 2.40. The highest BCUT2D eigenvalue weighted by Gasteiger charge is 2.32. The number of rotatable bonds is 12. The zero-order valence-corrected chi connectivity index (χ0v) is 28.6. The lowest BCUT2D eigenvalue weighted by Gasteiger charge is -2.36. The zero-order chi connectivity index (χ0) is 34.2. The van der Waals surface area contributed by atoms with Crippen molar-refractivity contribution in [3.63, 3.8) is 0 Å². The second-order valence-electron chi connectivity index (χ2n) is 11.8. The maximum Gasteiger partial charge on any atom is 0.240 e. The number of aliphatic hydroxyl groups is 1. The van der Waals surface area contributed by atoms with Crippen molar-refractivity contribution in [2.45, 2.75) is 54.8 Å². The number of benzene rings is 5. The molecule has 5 aromatic carbocycles. The molecule has 0 spiro atoms. The molecule has 0 radical (unpaired) electrons. The quantitative estimate of drug-likeness (QED) is 0.115. The summed E-state index contributed by atoms with van der Waals surface area (Å²) in [6.45, 7) is 1.62. The molecule has 1 fully saturated rings. The largest absolute Gasteiger partial charge is 0.392 e. The fraction of sp³-hybridized carbons (Fsp3) is 0.205. The van der Waals surface area contributed by atoms with Gasteiger partial charge in [-0.05, 0) is 76.3 Å². The first-order valence-corrected chi connectivity index (χ1v) is 18.5. The molecule has 0 unspecified atom stereocenters. The summed E-state index contributed by atoms with van der Waals surface area (Å²) in [5, 5.41) is 12.4. The number of carbonyl (C=O) groups is 1. The maximum atomic E-state index is 12.8. The van der Waals surface area contributed by atoms with Gasteiger partial charge >= 0.3 is 0 Å². The van der Waals surface area contributed by atoms with Gasteiger partial charge in [0.1, 0.15) is 0 Å². The number of anilines is 1. The Kier molecular flexibility index (Phi) is 11.3. The first-order valence-electron chi connectivity index (χ1n) is 16.0. The summed E-state index contributed by atoms with van der Waals surface area (Å²) in [4.78, 5) is 12.7. The van der Waals surface area contributed by atoms with Crippen LogP contribution in [0.4, 0.5) is 5.69 Å². The summed E-state index contributed by atoms with van der Waals surface area (Å²) in [7, 11) is -3.64. The Labute approximate surface area is 291 Å². The van der Waals surface area contributed by atoms with Gasteiger partial charge in [0.2, 0.25) is 15.9 Å². The highest BCUT2D eigenvalue weighted by atomic mass is 32.2. The fourth-order valence-electron chi connectivity index (χ4n) is 5.64. The van der Waals surface area contributed by atoms with Crippen LogP contribution in [0.1, 0.15) is 48.0 Å². The molecule has 6 rings (SSSR count). The summed E-state index contributed by atoms with van der Waals surface area (Å²) < 4.78 is 41.4. The molecular weight excluding hydrogens is 657 g/mol. The number of amides is 1. The lowest BCUT2D eigenvalue weighted by Crippen LogP contribution is -2.31. The minimum Gasteiger partial charge on any atom is -0.392 e. The number of hydrogen-bond acceptors (Lipinski definition) is 7. The number of nitrogens with one attached hydrogen (secondary N) is 2. The van der Waals surface area contributed by atoms with Crippen LogP contribution in [0.5, 0.6) is 0 Å². The summed E-state index contributed by atoms with van der Waals surface area (Å²) in [5.41, 5.74) is 6.22. The molecule has 5 aromatic rings. The molecule has 0 aromatic heterocycles. The second kappa shape index (κ2) is 15.9. The third kappa shape index (κ3) is 9.24. The van der Waals surface area contributed by atoms with Gasteiger partial charge in [0.25, 0.3) is 0 Å². The third-order valence-corrected chi connectivity index (χ3v) is 10.7. The molecule has 8 nitrogen and oxygen atoms in total. The van der Waals surface area contributed by atoms with E-state index in [-0.39, 0.29) is 36.2 Å². The summed E-state index contributed by atoms with van der Waals surface area (Å²) in [6.07, 6.45) is -0.299. The lowest BCUT2D eigenvalue weighted by molar-refractivity contribution is -0.245. The van der Waals surface area contributed by atoms with Crippen molar-refractivity contribution in [3.05, 3.63) is 150 Å². The number of aliphatic hydroxyl groups excluding tert-OH is 1. The number of sulfonamides is 1. The Morgan fingerprint density at radius 2 is 1.51 bits per heavy atom. The van der Waals surface area contributed by atoms with Gasteiger partial charge in [-0.25, -0.2) is 13.1 Å². The van der Waals surface area contributed by atoms with Crippen LogP contribution in [-0.4, -0.2) is 31.3 Å². The molecular formula is C39H38N2O6S2. The van der Waals surface area contributed by atoms with Gasteiger partial charge in [-0.2, -0.15) is 0 Å². The van der Waals surface area contributed by atoms with Crippen molar-refractivity contribution in [1.82, 2.24) is 4.72 Å². The van der Waals surface area contributed by atoms with E-state index in [0.717, 1.165) is 44.0 Å². The molecule has 0 aliphatic carbocycles. The van der Waals surface area contributed by atoms with E-state index in [1.165, 1.54) is 6.92 Å². The van der Waals surface area contributed by atoms with Crippen molar-refractivity contribution < 1.29 is 27.8 Å². The summed E-state index contributed by atoms with van der Waals surface area (Å²) >= 11 is 1.69. The van der Waals surface area contributed by atoms with E-state index >= 15 is 0 Å². The molecule has 3 atom stereocenters. The molecule has 252 valence electrons. The van der Waals surface area contributed by atoms with Crippen LogP contribution in [0.25, 0.3) is 11.1 Å². The molecule has 1 heterocycles. The van der Waals surface area contributed by atoms with E-state index in [1.807, 2.05) is 91.0 Å². The normalized spacial score (nSPS) is 17.8. The zero-order valence-electron chi connectivity index (χ0n) is 27.0. The van der Waals surface area contributed by atoms with Crippen LogP contribution in [0.15, 0.2) is 137 Å². The average Bonchev–Trinajstić information content (AvgIpc) is 3.14. The van der Waals surface area contributed by atoms with Gasteiger partial charge in [0.05, 0.1) is 23.7 Å². The Morgan fingerprint density at radius 3 is 2.22 bits per heavy atom. The van der Waals surface area contributed by atoms with Crippen molar-refractivity contribution in [2.24, 2.45) is 0 Å². The third-order valence-electron chi connectivity index (χ3n) is 8.16. The first-order chi connectivity index (χ1) is 23.8. The molecule has 10 heteroatoms. The van der Waals surface area contributed by atoms with Gasteiger partial charge in [-0.1, -0.05) is 78.9 Å². The summed E-state index contributed by atoms with van der Waals surface area (Å²) in [5.74, 6) is 0.591. The predicted molar refractivity (Wildman–Crippen MR) is 192 cm³/mol. The van der Waals surface area contributed by atoms with E-state index in [9.17, 15) is 18.3 Å². The predicted octanol–water partition coefficient (Wildman–Crippen LogP) is 7.62. The van der Waals surface area contributed by atoms with Gasteiger partial charge in [0.15, 0.2) is 6.29 Å². The summed E-state index contributed by atoms with van der Waals surface area (Å²) in [6, 6.07) is 39.8. The van der Waals surface area contributed by atoms with Crippen LogP contribution in [-0.2, 0) is 37.4 Å². The first kappa shape index (κ1) is 34.6. The molecule has 0 bridgehead atoms. The van der Waals surface area contributed by atoms with Gasteiger partial charge in [0, 0.05) is 41.8 Å². The molecule has 0 saturated carbocycles. The average molecular weight is 695 g/mol. The Bertz CT molecular complexity index is 1970. The molecule has 1 amide bonds. The SMILES string of the molecule is CC(=O)Nc1ccc(SC[C@@H]2C[C@H](c3ccc(CO)cc3)O[C@H](c3cccc(-c4cccc(CNS(=O)(=O)c5ccccc5)c4)c3)O2)cc1. The van der Waals surface area contributed by atoms with Gasteiger partial charge < -0.3 is 19.9 Å². The van der Waals surface area contributed by atoms with E-state index in [1.54, 1.807) is 42.1 Å². The lowest BCUT2D eigenvalue weighted by atomic mass is 9.99. The van der Waals surface area contributed by atoms with E-state index in [2.05, 4.69) is 16.1 Å². The Morgan fingerprint density at radius 1 is 0.796 bits per heavy atom. The molecule has 3 N–H and O–H groups in total. The number of thioether (sulfide) groups is 1. The second-order valence-corrected chi connectivity index (χ2v) is 14.7. The van der Waals surface area contributed by atoms with Crippen LogP contribution in [0, 0.1) is 0 Å². The molecule has 49 heavy (non-hydrogen) atoms. The van der Waals surface area contributed by atoms with E-state index in [0.29, 0.717) is 12.2 Å². The van der Waals surface area contributed by atoms with Crippen LogP contribution < -0.4 is 10.0 Å². The highest BCUT2D eigenvalue weighted by molar-refractivity contribution is 7.99. The Hall–Kier alpha value is -4.29. The number of hydrogen-bond donors (Lipinski definition) is 3. The molecule has 1 saturated heterocycles. The number of ether oxygens (including phenoxy) is 2. The maximum absolute atomic E-state index is 12.8. The van der Waals surface area contributed by atoms with E-state index < -0.39 is 16.3 Å². The molecule has 1 aliphatic heterocycles. The van der Waals surface area contributed by atoms with Crippen LogP contribution in [0.3, 0.4) is 0 Å². The van der Waals surface area contributed by atoms with Gasteiger partial charge in [-0.15, -0.1) is 11.8 Å². The van der Waals surface area contributed by atoms with Gasteiger partial charge in [-0.3, -0.25) is 4.79 Å². The van der Waals surface area contributed by atoms with E-state index in [4.69, 9.17) is 9.47 Å². The van der Waals surface area contributed by atoms with Crippen LogP contribution >= 0.6 is 11.8 Å². The minimum atomic E-state index is -3.64. The van der Waals surface area contributed by atoms with Crippen molar-refractivity contribution in [1.29, 1.82) is 0 Å². The van der Waals surface area contributed by atoms with Crippen molar-refractivity contribution >= 4 is 33.4 Å². The Balaban J connectivity index is 1.19. The minimum absolute atomic E-state index is 0.0234. The standard InChI is InChI=1S/C39H38N2O6S2/c1-27(43)41-34-17-19-36(20-18-34)48-26-35-23-38(30-15-13-28(25-42)14-16-30)47-39(46-35)33-10-6-9-32(22-33)31-8-5-7-29(21-31)24-40-49(44,45)37-11-3-2-4-12-37/h2-22,35,38-40,42H,23-26H2,1H3,(H,41,43)/t35-,38+,39+/m0/s1. The monoisotopic (exact) mass is 694 g/mol. The van der Waals surface area contributed by atoms with Crippen LogP contribution in [0.2, 0.25) is 0 Å². The van der Waals surface area contributed by atoms with Crippen molar-refractivity contribution in [2.75, 3.05) is 11.1 Å². The molecule has 1 aliphatic rings. The smallest absolute Gasteiger partial charge is 0.240 e. The topological polar surface area (TPSA) is 114 Å². The van der Waals surface area contributed by atoms with Crippen molar-refractivity contribution in [3.8, 4) is 11.1 Å².